The third-order valence-electron chi connectivity index (χ3n) is 5.31. The number of carbonyl (C=O) groups excluding carboxylic acids is 1. The average Bonchev–Trinajstić information content (AvgIpc) is 2.71. The molecular formula is C25H32BrF2N3O. The molecule has 1 aromatic rings. The number of nitrogens with zero attached hydrogens (tertiary/aromatic N) is 3. The number of halogens is 3. The summed E-state index contributed by atoms with van der Waals surface area (Å²) >= 11 is 3.34. The van der Waals surface area contributed by atoms with Crippen LogP contribution in [0.15, 0.2) is 63.2 Å². The number of rotatable bonds is 7. The number of hydrogen-bond acceptors (Lipinski definition) is 3. The Balaban J connectivity index is 2.00. The highest BCUT2D eigenvalue weighted by atomic mass is 79.9. The fourth-order valence-corrected chi connectivity index (χ4v) is 3.76. The largest absolute Gasteiger partial charge is 0.345 e. The lowest BCUT2D eigenvalue weighted by Crippen LogP contribution is -2.47. The number of amides is 1. The smallest absolute Gasteiger partial charge is 0.267 e. The first-order valence-electron chi connectivity index (χ1n) is 10.6. The SMILES string of the molecule is C\C(Br)=C/C=N\C(C)=C\C=C(/C)CN1CC[C@@H](c2ccc(C(=O)N(C)C)cc2)C(F)(F)C1. The average molecular weight is 508 g/mol. The number of hydrogen-bond donors (Lipinski definition) is 0. The maximum absolute atomic E-state index is 15.0. The number of likely N-dealkylation sites (tertiary alicyclic amines) is 1. The minimum Gasteiger partial charge on any atom is -0.345 e. The van der Waals surface area contributed by atoms with Crippen molar-refractivity contribution < 1.29 is 13.6 Å². The van der Waals surface area contributed by atoms with E-state index in [0.717, 1.165) is 15.8 Å². The van der Waals surface area contributed by atoms with Crippen molar-refractivity contribution >= 4 is 28.1 Å². The van der Waals surface area contributed by atoms with Gasteiger partial charge in [0.25, 0.3) is 11.8 Å². The zero-order valence-corrected chi connectivity index (χ0v) is 21.0. The lowest BCUT2D eigenvalue weighted by Gasteiger charge is -2.38. The van der Waals surface area contributed by atoms with Gasteiger partial charge in [-0.15, -0.1) is 0 Å². The fourth-order valence-electron chi connectivity index (χ4n) is 3.64. The molecule has 0 radical (unpaired) electrons. The summed E-state index contributed by atoms with van der Waals surface area (Å²) in [5, 5.41) is 0. The van der Waals surface area contributed by atoms with E-state index >= 15 is 0 Å². The third kappa shape index (κ3) is 7.78. The first kappa shape index (κ1) is 26.1. The molecule has 1 amide bonds. The van der Waals surface area contributed by atoms with E-state index in [9.17, 15) is 13.6 Å². The number of carbonyl (C=O) groups is 1. The number of alkyl halides is 2. The second-order valence-electron chi connectivity index (χ2n) is 8.49. The van der Waals surface area contributed by atoms with Gasteiger partial charge in [0.1, 0.15) is 0 Å². The summed E-state index contributed by atoms with van der Waals surface area (Å²) in [5.74, 6) is -3.80. The molecule has 0 unspecified atom stereocenters. The molecule has 0 bridgehead atoms. The Morgan fingerprint density at radius 2 is 1.84 bits per heavy atom. The van der Waals surface area contributed by atoms with Gasteiger partial charge in [-0.25, -0.2) is 8.78 Å². The van der Waals surface area contributed by atoms with Crippen LogP contribution in [0.2, 0.25) is 0 Å². The highest BCUT2D eigenvalue weighted by molar-refractivity contribution is 9.11. The fraction of sp³-hybridized carbons (Fsp3) is 0.440. The Morgan fingerprint density at radius 3 is 2.41 bits per heavy atom. The van der Waals surface area contributed by atoms with Crippen LogP contribution in [0.1, 0.15) is 49.0 Å². The van der Waals surface area contributed by atoms with E-state index in [2.05, 4.69) is 20.9 Å². The maximum Gasteiger partial charge on any atom is 0.267 e. The van der Waals surface area contributed by atoms with E-state index in [4.69, 9.17) is 0 Å². The van der Waals surface area contributed by atoms with Crippen LogP contribution in [-0.4, -0.2) is 61.6 Å². The molecule has 1 aliphatic rings. The highest BCUT2D eigenvalue weighted by Crippen LogP contribution is 2.40. The Bertz CT molecular complexity index is 914. The molecule has 0 saturated carbocycles. The monoisotopic (exact) mass is 507 g/mol. The van der Waals surface area contributed by atoms with Gasteiger partial charge in [-0.1, -0.05) is 39.7 Å². The van der Waals surface area contributed by atoms with Gasteiger partial charge in [0, 0.05) is 38.1 Å². The lowest BCUT2D eigenvalue weighted by molar-refractivity contribution is -0.0805. The van der Waals surface area contributed by atoms with Crippen LogP contribution in [0.3, 0.4) is 0 Å². The van der Waals surface area contributed by atoms with E-state index < -0.39 is 11.8 Å². The van der Waals surface area contributed by atoms with Gasteiger partial charge in [-0.3, -0.25) is 14.7 Å². The summed E-state index contributed by atoms with van der Waals surface area (Å²) in [6.45, 7) is 6.58. The van der Waals surface area contributed by atoms with Gasteiger partial charge < -0.3 is 4.90 Å². The highest BCUT2D eigenvalue weighted by Gasteiger charge is 2.45. The van der Waals surface area contributed by atoms with E-state index in [-0.39, 0.29) is 12.5 Å². The summed E-state index contributed by atoms with van der Waals surface area (Å²) in [6.07, 6.45) is 7.77. The van der Waals surface area contributed by atoms with Crippen molar-refractivity contribution in [2.45, 2.75) is 39.0 Å². The van der Waals surface area contributed by atoms with Gasteiger partial charge in [0.15, 0.2) is 0 Å². The molecule has 1 heterocycles. The van der Waals surface area contributed by atoms with Crippen molar-refractivity contribution in [3.63, 3.8) is 0 Å². The topological polar surface area (TPSA) is 35.9 Å². The second-order valence-corrected chi connectivity index (χ2v) is 9.74. The lowest BCUT2D eigenvalue weighted by atomic mass is 9.85. The zero-order chi connectivity index (χ0) is 23.9. The van der Waals surface area contributed by atoms with Crippen LogP contribution < -0.4 is 0 Å². The van der Waals surface area contributed by atoms with Gasteiger partial charge >= 0.3 is 0 Å². The molecular weight excluding hydrogens is 476 g/mol. The molecule has 0 N–H and O–H groups in total. The molecule has 174 valence electrons. The van der Waals surface area contributed by atoms with Crippen LogP contribution in [0, 0.1) is 0 Å². The number of aliphatic imine (C=N–C) groups is 1. The zero-order valence-electron chi connectivity index (χ0n) is 19.4. The van der Waals surface area contributed by atoms with Gasteiger partial charge in [-0.05, 0) is 68.1 Å². The van der Waals surface area contributed by atoms with Crippen LogP contribution in [0.5, 0.6) is 0 Å². The van der Waals surface area contributed by atoms with Crippen molar-refractivity contribution in [1.29, 1.82) is 0 Å². The first-order valence-corrected chi connectivity index (χ1v) is 11.4. The maximum atomic E-state index is 15.0. The van der Waals surface area contributed by atoms with Crippen molar-refractivity contribution in [3.8, 4) is 0 Å². The molecule has 1 atom stereocenters. The summed E-state index contributed by atoms with van der Waals surface area (Å²) in [4.78, 5) is 19.6. The summed E-state index contributed by atoms with van der Waals surface area (Å²) in [5.41, 5.74) is 2.94. The van der Waals surface area contributed by atoms with E-state index in [1.54, 1.807) is 49.5 Å². The standard InChI is InChI=1S/C25H32BrF2N3O/c1-18(6-7-20(3)29-14-12-19(2)26)16-31-15-13-23(25(27,28)17-31)21-8-10-22(11-9-21)24(32)30(4)5/h6-12,14,23H,13,15-17H2,1-5H3/b18-6+,19-12+,20-7+,29-14-/t23-/m0/s1. The number of benzene rings is 1. The molecule has 0 spiro atoms. The molecule has 0 aliphatic carbocycles. The van der Waals surface area contributed by atoms with Crippen molar-refractivity contribution in [2.75, 3.05) is 33.7 Å². The molecule has 1 aromatic carbocycles. The molecule has 7 heteroatoms. The quantitative estimate of drug-likeness (QED) is 0.333. The summed E-state index contributed by atoms with van der Waals surface area (Å²) in [6, 6.07) is 6.60. The van der Waals surface area contributed by atoms with Gasteiger partial charge in [0.05, 0.1) is 12.5 Å². The molecule has 0 aromatic heterocycles. The molecule has 2 rings (SSSR count). The molecule has 1 fully saturated rings. The van der Waals surface area contributed by atoms with Crippen molar-refractivity contribution in [3.05, 3.63) is 69.4 Å². The molecule has 32 heavy (non-hydrogen) atoms. The summed E-state index contributed by atoms with van der Waals surface area (Å²) in [7, 11) is 3.34. The molecule has 1 aliphatic heterocycles. The number of allylic oxidation sites excluding steroid dienone is 5. The Kier molecular flexibility index (Phi) is 9.52. The van der Waals surface area contributed by atoms with E-state index in [1.165, 1.54) is 4.90 Å². The Hall–Kier alpha value is -2.12. The summed E-state index contributed by atoms with van der Waals surface area (Å²) < 4.78 is 31.0. The van der Waals surface area contributed by atoms with Crippen molar-refractivity contribution in [2.24, 2.45) is 4.99 Å². The van der Waals surface area contributed by atoms with Gasteiger partial charge in [0.2, 0.25) is 0 Å². The first-order chi connectivity index (χ1) is 15.0. The van der Waals surface area contributed by atoms with Crippen LogP contribution in [-0.2, 0) is 0 Å². The minimum atomic E-state index is -2.83. The normalized spacial score (nSPS) is 20.6. The van der Waals surface area contributed by atoms with Crippen LogP contribution in [0.25, 0.3) is 0 Å². The van der Waals surface area contributed by atoms with E-state index in [0.29, 0.717) is 30.6 Å². The van der Waals surface area contributed by atoms with Gasteiger partial charge in [-0.2, -0.15) is 0 Å². The molecule has 4 nitrogen and oxygen atoms in total. The molecule has 1 saturated heterocycles. The predicted molar refractivity (Wildman–Crippen MR) is 132 cm³/mol. The Morgan fingerprint density at radius 1 is 1.19 bits per heavy atom. The predicted octanol–water partition coefficient (Wildman–Crippen LogP) is 6.03. The number of piperidine rings is 1. The van der Waals surface area contributed by atoms with Crippen molar-refractivity contribution in [1.82, 2.24) is 9.80 Å². The van der Waals surface area contributed by atoms with Crippen LogP contribution >= 0.6 is 15.9 Å². The second kappa shape index (κ2) is 11.7. The van der Waals surface area contributed by atoms with Crippen LogP contribution in [0.4, 0.5) is 8.78 Å². The minimum absolute atomic E-state index is 0.134. The van der Waals surface area contributed by atoms with E-state index in [1.807, 2.05) is 39.0 Å². The third-order valence-corrected chi connectivity index (χ3v) is 5.57. The Labute approximate surface area is 198 Å².